The normalized spacial score (nSPS) is 11.8. The van der Waals surface area contributed by atoms with E-state index in [9.17, 15) is 27.6 Å². The summed E-state index contributed by atoms with van der Waals surface area (Å²) in [4.78, 5) is 12.3. The number of carbonyl (C=O) groups is 1. The standard InChI is InChI=1S/C21H12F4N2O2/c22-16-6-4-13(5-7-16)19-9-8-18(29-19)10-14(12-26)20(28)27-17-3-1-2-15(11-17)21(23,24)25/h1-11H,(H,27,28)/b14-10-. The van der Waals surface area contributed by atoms with Crippen LogP contribution in [0.5, 0.6) is 0 Å². The molecule has 0 fully saturated rings. The van der Waals surface area contributed by atoms with Crippen molar-refractivity contribution in [2.45, 2.75) is 6.18 Å². The smallest absolute Gasteiger partial charge is 0.416 e. The van der Waals surface area contributed by atoms with Gasteiger partial charge < -0.3 is 9.73 Å². The maximum absolute atomic E-state index is 13.0. The highest BCUT2D eigenvalue weighted by Crippen LogP contribution is 2.31. The van der Waals surface area contributed by atoms with Gasteiger partial charge in [0, 0.05) is 17.3 Å². The van der Waals surface area contributed by atoms with E-state index in [2.05, 4.69) is 5.32 Å². The van der Waals surface area contributed by atoms with E-state index in [0.717, 1.165) is 24.3 Å². The summed E-state index contributed by atoms with van der Waals surface area (Å²) in [7, 11) is 0. The zero-order valence-corrected chi connectivity index (χ0v) is 14.6. The molecule has 0 atom stereocenters. The first-order valence-corrected chi connectivity index (χ1v) is 8.22. The number of alkyl halides is 3. The zero-order valence-electron chi connectivity index (χ0n) is 14.6. The molecule has 0 saturated carbocycles. The number of hydrogen-bond acceptors (Lipinski definition) is 3. The number of amides is 1. The van der Waals surface area contributed by atoms with Crippen molar-refractivity contribution >= 4 is 17.7 Å². The lowest BCUT2D eigenvalue weighted by Crippen LogP contribution is -2.14. The monoisotopic (exact) mass is 400 g/mol. The summed E-state index contributed by atoms with van der Waals surface area (Å²) >= 11 is 0. The lowest BCUT2D eigenvalue weighted by atomic mass is 10.1. The Labute approximate surface area is 162 Å². The Morgan fingerprint density at radius 1 is 1.07 bits per heavy atom. The number of rotatable bonds is 4. The van der Waals surface area contributed by atoms with Gasteiger partial charge in [0.15, 0.2) is 0 Å². The Kier molecular flexibility index (Phi) is 5.50. The first-order valence-electron chi connectivity index (χ1n) is 8.22. The lowest BCUT2D eigenvalue weighted by molar-refractivity contribution is -0.137. The summed E-state index contributed by atoms with van der Waals surface area (Å²) < 4.78 is 56.8. The summed E-state index contributed by atoms with van der Waals surface area (Å²) in [5.41, 5.74) is -0.787. The molecule has 0 saturated heterocycles. The second kappa shape index (κ2) is 8.02. The van der Waals surface area contributed by atoms with Crippen molar-refractivity contribution in [1.29, 1.82) is 5.26 Å². The summed E-state index contributed by atoms with van der Waals surface area (Å²) in [5.74, 6) is -0.711. The fraction of sp³-hybridized carbons (Fsp3) is 0.0476. The van der Waals surface area contributed by atoms with Crippen LogP contribution in [-0.2, 0) is 11.0 Å². The summed E-state index contributed by atoms with van der Waals surface area (Å²) in [6.07, 6.45) is -3.39. The number of benzene rings is 2. The maximum atomic E-state index is 13.0. The lowest BCUT2D eigenvalue weighted by Gasteiger charge is -2.09. The largest absolute Gasteiger partial charge is 0.457 e. The molecule has 1 heterocycles. The van der Waals surface area contributed by atoms with Crippen LogP contribution in [-0.4, -0.2) is 5.91 Å². The molecule has 0 aliphatic carbocycles. The molecule has 29 heavy (non-hydrogen) atoms. The Bertz CT molecular complexity index is 1110. The van der Waals surface area contributed by atoms with Gasteiger partial charge in [-0.05, 0) is 54.6 Å². The van der Waals surface area contributed by atoms with Crippen LogP contribution in [0, 0.1) is 17.1 Å². The number of anilines is 1. The van der Waals surface area contributed by atoms with Crippen molar-refractivity contribution in [3.05, 3.63) is 83.4 Å². The molecule has 0 spiro atoms. The van der Waals surface area contributed by atoms with Crippen molar-refractivity contribution in [3.8, 4) is 17.4 Å². The van der Waals surface area contributed by atoms with Gasteiger partial charge in [0.05, 0.1) is 5.56 Å². The van der Waals surface area contributed by atoms with Gasteiger partial charge in [-0.15, -0.1) is 0 Å². The molecule has 1 amide bonds. The molecule has 0 unspecified atom stereocenters. The van der Waals surface area contributed by atoms with Gasteiger partial charge in [0.1, 0.15) is 29.0 Å². The molecule has 0 bridgehead atoms. The van der Waals surface area contributed by atoms with E-state index in [1.165, 1.54) is 36.4 Å². The number of furan rings is 1. The van der Waals surface area contributed by atoms with E-state index in [-0.39, 0.29) is 17.0 Å². The molecule has 0 aliphatic heterocycles. The Morgan fingerprint density at radius 2 is 1.79 bits per heavy atom. The average Bonchev–Trinajstić information content (AvgIpc) is 3.14. The molecule has 0 aliphatic rings. The molecular formula is C21H12F4N2O2. The number of halogens is 4. The number of nitrogens with one attached hydrogen (secondary N) is 1. The van der Waals surface area contributed by atoms with Gasteiger partial charge in [0.25, 0.3) is 5.91 Å². The van der Waals surface area contributed by atoms with Crippen LogP contribution in [0.1, 0.15) is 11.3 Å². The molecule has 4 nitrogen and oxygen atoms in total. The second-order valence-electron chi connectivity index (χ2n) is 5.91. The highest BCUT2D eigenvalue weighted by atomic mass is 19.4. The van der Waals surface area contributed by atoms with E-state index >= 15 is 0 Å². The highest BCUT2D eigenvalue weighted by molar-refractivity contribution is 6.09. The minimum Gasteiger partial charge on any atom is -0.457 e. The van der Waals surface area contributed by atoms with Crippen molar-refractivity contribution in [2.75, 3.05) is 5.32 Å². The van der Waals surface area contributed by atoms with Gasteiger partial charge in [-0.25, -0.2) is 4.39 Å². The summed E-state index contributed by atoms with van der Waals surface area (Å²) in [6, 6.07) is 14.4. The third-order valence-electron chi connectivity index (χ3n) is 3.85. The molecule has 0 radical (unpaired) electrons. The second-order valence-corrected chi connectivity index (χ2v) is 5.91. The first kappa shape index (κ1) is 19.9. The van der Waals surface area contributed by atoms with Gasteiger partial charge in [-0.1, -0.05) is 6.07 Å². The number of nitrogens with zero attached hydrogens (tertiary/aromatic N) is 1. The van der Waals surface area contributed by atoms with E-state index in [1.54, 1.807) is 12.1 Å². The van der Waals surface area contributed by atoms with Crippen molar-refractivity contribution < 1.29 is 26.8 Å². The Morgan fingerprint density at radius 3 is 2.45 bits per heavy atom. The van der Waals surface area contributed by atoms with Crippen LogP contribution in [0.4, 0.5) is 23.2 Å². The molecular weight excluding hydrogens is 388 g/mol. The number of carbonyl (C=O) groups excluding carboxylic acids is 1. The minimum atomic E-state index is -4.56. The maximum Gasteiger partial charge on any atom is 0.416 e. The van der Waals surface area contributed by atoms with E-state index in [1.807, 2.05) is 0 Å². The van der Waals surface area contributed by atoms with Crippen LogP contribution in [0.2, 0.25) is 0 Å². The van der Waals surface area contributed by atoms with Gasteiger partial charge in [-0.2, -0.15) is 18.4 Å². The van der Waals surface area contributed by atoms with Gasteiger partial charge in [-0.3, -0.25) is 4.79 Å². The van der Waals surface area contributed by atoms with Crippen LogP contribution in [0.15, 0.2) is 70.7 Å². The van der Waals surface area contributed by atoms with Crippen molar-refractivity contribution in [3.63, 3.8) is 0 Å². The van der Waals surface area contributed by atoms with Crippen LogP contribution in [0.25, 0.3) is 17.4 Å². The quantitative estimate of drug-likeness (QED) is 0.350. The molecule has 8 heteroatoms. The average molecular weight is 400 g/mol. The van der Waals surface area contributed by atoms with Gasteiger partial charge in [0.2, 0.25) is 0 Å². The predicted molar refractivity (Wildman–Crippen MR) is 97.8 cm³/mol. The van der Waals surface area contributed by atoms with E-state index < -0.39 is 23.5 Å². The van der Waals surface area contributed by atoms with Crippen LogP contribution in [0.3, 0.4) is 0 Å². The Hall–Kier alpha value is -3.86. The highest BCUT2D eigenvalue weighted by Gasteiger charge is 2.30. The third kappa shape index (κ3) is 4.90. The number of nitriles is 1. The first-order chi connectivity index (χ1) is 13.8. The predicted octanol–water partition coefficient (Wildman–Crippen LogP) is 5.65. The van der Waals surface area contributed by atoms with Crippen LogP contribution < -0.4 is 5.32 Å². The van der Waals surface area contributed by atoms with E-state index in [0.29, 0.717) is 11.3 Å². The molecule has 1 aromatic heterocycles. The Balaban J connectivity index is 1.79. The summed E-state index contributed by atoms with van der Waals surface area (Å²) in [6.45, 7) is 0. The fourth-order valence-electron chi connectivity index (χ4n) is 2.46. The molecule has 2 aromatic carbocycles. The molecule has 146 valence electrons. The third-order valence-corrected chi connectivity index (χ3v) is 3.85. The zero-order chi connectivity index (χ0) is 21.0. The van der Waals surface area contributed by atoms with Crippen molar-refractivity contribution in [1.82, 2.24) is 0 Å². The SMILES string of the molecule is N#C/C(=C/c1ccc(-c2ccc(F)cc2)o1)C(=O)Nc1cccc(C(F)(F)F)c1. The molecule has 1 N–H and O–H groups in total. The van der Waals surface area contributed by atoms with Crippen LogP contribution >= 0.6 is 0 Å². The molecule has 3 rings (SSSR count). The minimum absolute atomic E-state index is 0.0996. The topological polar surface area (TPSA) is 66.0 Å². The summed E-state index contributed by atoms with van der Waals surface area (Å²) in [5, 5.41) is 11.5. The van der Waals surface area contributed by atoms with E-state index in [4.69, 9.17) is 4.42 Å². The fourth-order valence-corrected chi connectivity index (χ4v) is 2.46. The van der Waals surface area contributed by atoms with Gasteiger partial charge >= 0.3 is 6.18 Å². The molecule has 3 aromatic rings. The number of hydrogen-bond donors (Lipinski definition) is 1. The van der Waals surface area contributed by atoms with Crippen molar-refractivity contribution in [2.24, 2.45) is 0 Å².